The molecule has 0 saturated heterocycles. The van der Waals surface area contributed by atoms with E-state index < -0.39 is 6.17 Å². The van der Waals surface area contributed by atoms with Gasteiger partial charge in [-0.05, 0) is 12.1 Å². The Balaban J connectivity index is 2.35. The molecular weight excluding hydrogens is 217 g/mol. The Morgan fingerprint density at radius 1 is 1.40 bits per heavy atom. The zero-order valence-electron chi connectivity index (χ0n) is 7.74. The first-order valence-electron chi connectivity index (χ1n) is 4.39. The number of nitrogens with zero attached hydrogens (tertiary/aromatic N) is 1. The molecule has 0 spiro atoms. The maximum atomic E-state index is 13.4. The summed E-state index contributed by atoms with van der Waals surface area (Å²) in [6.45, 7) is 0. The average Bonchev–Trinajstić information content (AvgIpc) is 2.23. The number of aliphatic imine (C=N–C) groups is 1. The van der Waals surface area contributed by atoms with Crippen molar-refractivity contribution in [2.45, 2.75) is 6.17 Å². The Kier molecular flexibility index (Phi) is 2.70. The zero-order valence-corrected chi connectivity index (χ0v) is 8.50. The maximum Gasteiger partial charge on any atom is 0.137 e. The van der Waals surface area contributed by atoms with Crippen molar-refractivity contribution in [3.8, 4) is 0 Å². The number of nitrogens with two attached hydrogens (primary N) is 1. The first-order valence-corrected chi connectivity index (χ1v) is 4.76. The summed E-state index contributed by atoms with van der Waals surface area (Å²) < 4.78 is 13.4. The van der Waals surface area contributed by atoms with Crippen molar-refractivity contribution in [2.24, 2.45) is 10.7 Å². The molecule has 5 heteroatoms. The van der Waals surface area contributed by atoms with E-state index in [9.17, 15) is 4.39 Å². The summed E-state index contributed by atoms with van der Waals surface area (Å²) in [5.74, 6) is 0.0485. The molecular formula is C10H9ClFN3. The fourth-order valence-electron chi connectivity index (χ4n) is 1.26. The van der Waals surface area contributed by atoms with Crippen LogP contribution in [0.5, 0.6) is 0 Å². The molecule has 0 amide bonds. The highest BCUT2D eigenvalue weighted by molar-refractivity contribution is 6.30. The molecule has 3 N–H and O–H groups in total. The van der Waals surface area contributed by atoms with Crippen molar-refractivity contribution in [1.29, 1.82) is 0 Å². The van der Waals surface area contributed by atoms with Gasteiger partial charge in [-0.2, -0.15) is 0 Å². The van der Waals surface area contributed by atoms with Gasteiger partial charge in [0.1, 0.15) is 17.8 Å². The van der Waals surface area contributed by atoms with Crippen LogP contribution < -0.4 is 11.1 Å². The second kappa shape index (κ2) is 4.00. The van der Waals surface area contributed by atoms with E-state index in [1.165, 1.54) is 12.3 Å². The maximum absolute atomic E-state index is 13.4. The van der Waals surface area contributed by atoms with E-state index in [1.807, 2.05) is 0 Å². The largest absolute Gasteiger partial charge is 0.345 e. The summed E-state index contributed by atoms with van der Waals surface area (Å²) in [5.41, 5.74) is 5.99. The normalized spacial score (nSPS) is 20.3. The van der Waals surface area contributed by atoms with Crippen LogP contribution in [0.2, 0.25) is 0 Å². The Hall–Kier alpha value is -1.39. The highest BCUT2D eigenvalue weighted by atomic mass is 35.5. The lowest BCUT2D eigenvalue weighted by Crippen LogP contribution is -2.32. The molecule has 78 valence electrons. The minimum absolute atomic E-state index is 0.345. The minimum Gasteiger partial charge on any atom is -0.345 e. The third-order valence-corrected chi connectivity index (χ3v) is 2.36. The molecule has 1 aliphatic rings. The third-order valence-electron chi connectivity index (χ3n) is 2.03. The first-order chi connectivity index (χ1) is 7.18. The first kappa shape index (κ1) is 10.1. The predicted molar refractivity (Wildman–Crippen MR) is 58.0 cm³/mol. The third kappa shape index (κ3) is 2.00. The summed E-state index contributed by atoms with van der Waals surface area (Å²) >= 11 is 5.73. The van der Waals surface area contributed by atoms with Crippen molar-refractivity contribution in [3.05, 3.63) is 46.9 Å². The van der Waals surface area contributed by atoms with Gasteiger partial charge in [0.15, 0.2) is 0 Å². The van der Waals surface area contributed by atoms with Crippen LogP contribution >= 0.6 is 11.6 Å². The van der Waals surface area contributed by atoms with Gasteiger partial charge in [-0.15, -0.1) is 0 Å². The summed E-state index contributed by atoms with van der Waals surface area (Å²) in [6, 6.07) is 6.34. The van der Waals surface area contributed by atoms with Gasteiger partial charge in [0.25, 0.3) is 0 Å². The van der Waals surface area contributed by atoms with Crippen LogP contribution in [0.25, 0.3) is 0 Å². The van der Waals surface area contributed by atoms with Crippen molar-refractivity contribution in [3.63, 3.8) is 0 Å². The monoisotopic (exact) mass is 225 g/mol. The molecule has 0 bridgehead atoms. The van der Waals surface area contributed by atoms with Gasteiger partial charge in [-0.25, -0.2) is 9.38 Å². The molecule has 0 saturated carbocycles. The van der Waals surface area contributed by atoms with Gasteiger partial charge < -0.3 is 11.1 Å². The number of rotatable bonds is 1. The van der Waals surface area contributed by atoms with E-state index in [0.29, 0.717) is 16.4 Å². The van der Waals surface area contributed by atoms with E-state index >= 15 is 0 Å². The molecule has 1 atom stereocenters. The van der Waals surface area contributed by atoms with E-state index in [4.69, 9.17) is 17.3 Å². The molecule has 3 nitrogen and oxygen atoms in total. The Labute approximate surface area is 91.4 Å². The summed E-state index contributed by atoms with van der Waals surface area (Å²) in [6.07, 6.45) is 0.892. The van der Waals surface area contributed by atoms with Crippen molar-refractivity contribution in [1.82, 2.24) is 5.32 Å². The smallest absolute Gasteiger partial charge is 0.137 e. The van der Waals surface area contributed by atoms with Crippen molar-refractivity contribution >= 4 is 17.4 Å². The summed E-state index contributed by atoms with van der Waals surface area (Å²) in [4.78, 5) is 4.04. The second-order valence-electron chi connectivity index (χ2n) is 3.08. The molecule has 1 aliphatic heterocycles. The lowest BCUT2D eigenvalue weighted by molar-refractivity contribution is 0.623. The topological polar surface area (TPSA) is 50.4 Å². The van der Waals surface area contributed by atoms with Gasteiger partial charge in [-0.1, -0.05) is 23.7 Å². The highest BCUT2D eigenvalue weighted by Crippen LogP contribution is 2.14. The van der Waals surface area contributed by atoms with Gasteiger partial charge in [-0.3, -0.25) is 0 Å². The average molecular weight is 226 g/mol. The van der Waals surface area contributed by atoms with E-state index in [0.717, 1.165) is 0 Å². The fraction of sp³-hybridized carbons (Fsp3) is 0.100. The second-order valence-corrected chi connectivity index (χ2v) is 3.51. The van der Waals surface area contributed by atoms with Gasteiger partial charge in [0.05, 0.1) is 10.6 Å². The lowest BCUT2D eigenvalue weighted by Gasteiger charge is -2.16. The van der Waals surface area contributed by atoms with Gasteiger partial charge >= 0.3 is 0 Å². The molecule has 1 unspecified atom stereocenters. The minimum atomic E-state index is -0.623. The number of nitrogens with one attached hydrogen (secondary N) is 1. The number of amidine groups is 1. The van der Waals surface area contributed by atoms with Crippen LogP contribution in [0.15, 0.2) is 40.5 Å². The Bertz CT molecular complexity index is 442. The molecule has 15 heavy (non-hydrogen) atoms. The number of hydrogen-bond donors (Lipinski definition) is 2. The SMILES string of the molecule is NC1N=C(c2ccccc2F)NC=C1Cl. The number of benzene rings is 1. The lowest BCUT2D eigenvalue weighted by atomic mass is 10.2. The number of halogens is 2. The molecule has 0 fully saturated rings. The van der Waals surface area contributed by atoms with Crippen LogP contribution in [-0.4, -0.2) is 12.0 Å². The van der Waals surface area contributed by atoms with Gasteiger partial charge in [0, 0.05) is 6.20 Å². The van der Waals surface area contributed by atoms with Crippen LogP contribution in [-0.2, 0) is 0 Å². The van der Waals surface area contributed by atoms with E-state index in [-0.39, 0.29) is 5.82 Å². The van der Waals surface area contributed by atoms with Crippen molar-refractivity contribution in [2.75, 3.05) is 0 Å². The number of hydrogen-bond acceptors (Lipinski definition) is 3. The molecule has 1 aromatic carbocycles. The molecule has 1 aromatic rings. The van der Waals surface area contributed by atoms with Gasteiger partial charge in [0.2, 0.25) is 0 Å². The Morgan fingerprint density at radius 3 is 2.80 bits per heavy atom. The standard InChI is InChI=1S/C10H9ClFN3/c11-7-5-14-10(15-9(7)13)6-3-1-2-4-8(6)12/h1-5,9H,13H2,(H,14,15). The van der Waals surface area contributed by atoms with Crippen molar-refractivity contribution < 1.29 is 4.39 Å². The highest BCUT2D eigenvalue weighted by Gasteiger charge is 2.15. The molecule has 2 rings (SSSR count). The molecule has 0 radical (unpaired) electrons. The van der Waals surface area contributed by atoms with Crippen LogP contribution in [0.3, 0.4) is 0 Å². The molecule has 0 aromatic heterocycles. The van der Waals surface area contributed by atoms with E-state index in [2.05, 4.69) is 10.3 Å². The molecule has 1 heterocycles. The van der Waals surface area contributed by atoms with Crippen LogP contribution in [0, 0.1) is 5.82 Å². The van der Waals surface area contributed by atoms with E-state index in [1.54, 1.807) is 18.2 Å². The summed E-state index contributed by atoms with van der Waals surface area (Å²) in [5, 5.41) is 3.19. The molecule has 0 aliphatic carbocycles. The Morgan fingerprint density at radius 2 is 2.13 bits per heavy atom. The predicted octanol–water partition coefficient (Wildman–Crippen LogP) is 1.54. The van der Waals surface area contributed by atoms with Crippen LogP contribution in [0.4, 0.5) is 4.39 Å². The zero-order chi connectivity index (χ0) is 10.8. The fourth-order valence-corrected chi connectivity index (χ4v) is 1.36. The quantitative estimate of drug-likeness (QED) is 0.762. The summed E-state index contributed by atoms with van der Waals surface area (Å²) in [7, 11) is 0. The van der Waals surface area contributed by atoms with Crippen LogP contribution in [0.1, 0.15) is 5.56 Å².